The van der Waals surface area contributed by atoms with Crippen molar-refractivity contribution in [1.82, 2.24) is 31.1 Å². The number of ether oxygens (including phenoxy) is 1. The molecule has 2 N–H and O–H groups in total. The van der Waals surface area contributed by atoms with Crippen molar-refractivity contribution >= 4 is 23.4 Å². The standard InChI is InChI=1S/C23H19ClN6O3/c24-19-10-12-20(13-11-19)33-15-21(31)25-27-23(32)18-8-6-16(7-9-18)14-30-28-22(26-29-30)17-4-2-1-3-5-17/h1-13H,14-15H2,(H,25,31)(H,27,32). The third kappa shape index (κ3) is 6.14. The van der Waals surface area contributed by atoms with Gasteiger partial charge in [0.25, 0.3) is 11.8 Å². The molecule has 0 radical (unpaired) electrons. The monoisotopic (exact) mass is 462 g/mol. The number of nitrogens with zero attached hydrogens (tertiary/aromatic N) is 4. The number of tetrazole rings is 1. The van der Waals surface area contributed by atoms with Gasteiger partial charge in [0.05, 0.1) is 6.54 Å². The van der Waals surface area contributed by atoms with Crippen LogP contribution in [-0.2, 0) is 11.3 Å². The van der Waals surface area contributed by atoms with Crippen LogP contribution < -0.4 is 15.6 Å². The average Bonchev–Trinajstić information content (AvgIpc) is 3.31. The van der Waals surface area contributed by atoms with Gasteiger partial charge in [-0.05, 0) is 47.2 Å². The lowest BCUT2D eigenvalue weighted by Gasteiger charge is -2.09. The molecule has 33 heavy (non-hydrogen) atoms. The number of hydrogen-bond acceptors (Lipinski definition) is 6. The van der Waals surface area contributed by atoms with Gasteiger partial charge in [-0.15, -0.1) is 10.2 Å². The molecule has 166 valence electrons. The molecule has 0 fully saturated rings. The third-order valence-corrected chi connectivity index (χ3v) is 4.78. The first kappa shape index (κ1) is 22.0. The van der Waals surface area contributed by atoms with E-state index in [0.717, 1.165) is 11.1 Å². The number of aromatic nitrogens is 4. The number of rotatable bonds is 7. The predicted octanol–water partition coefficient (Wildman–Crippen LogP) is 2.88. The minimum atomic E-state index is -0.499. The summed E-state index contributed by atoms with van der Waals surface area (Å²) in [4.78, 5) is 25.6. The molecule has 0 bridgehead atoms. The Morgan fingerprint density at radius 3 is 2.36 bits per heavy atom. The molecule has 0 spiro atoms. The van der Waals surface area contributed by atoms with E-state index in [9.17, 15) is 9.59 Å². The quantitative estimate of drug-likeness (QED) is 0.408. The molecule has 9 nitrogen and oxygen atoms in total. The highest BCUT2D eigenvalue weighted by Crippen LogP contribution is 2.15. The summed E-state index contributed by atoms with van der Waals surface area (Å²) in [6.07, 6.45) is 0. The fourth-order valence-corrected chi connectivity index (χ4v) is 2.98. The number of nitrogens with one attached hydrogen (secondary N) is 2. The van der Waals surface area contributed by atoms with Gasteiger partial charge in [-0.1, -0.05) is 54.1 Å². The van der Waals surface area contributed by atoms with E-state index in [-0.39, 0.29) is 6.61 Å². The smallest absolute Gasteiger partial charge is 0.276 e. The number of amides is 2. The summed E-state index contributed by atoms with van der Waals surface area (Å²) in [6.45, 7) is 0.150. The summed E-state index contributed by atoms with van der Waals surface area (Å²) in [5, 5.41) is 13.1. The molecule has 0 unspecified atom stereocenters. The molecular formula is C23H19ClN6O3. The minimum Gasteiger partial charge on any atom is -0.484 e. The van der Waals surface area contributed by atoms with Crippen molar-refractivity contribution in [3.63, 3.8) is 0 Å². The Morgan fingerprint density at radius 2 is 1.64 bits per heavy atom. The lowest BCUT2D eigenvalue weighted by molar-refractivity contribution is -0.123. The number of halogens is 1. The Morgan fingerprint density at radius 1 is 0.909 bits per heavy atom. The van der Waals surface area contributed by atoms with E-state index in [2.05, 4.69) is 26.3 Å². The van der Waals surface area contributed by atoms with Gasteiger partial charge >= 0.3 is 0 Å². The van der Waals surface area contributed by atoms with E-state index < -0.39 is 11.8 Å². The SMILES string of the molecule is O=C(COc1ccc(Cl)cc1)NNC(=O)c1ccc(Cn2nnc(-c3ccccc3)n2)cc1. The second kappa shape index (κ2) is 10.4. The number of carbonyl (C=O) groups excluding carboxylic acids is 2. The van der Waals surface area contributed by atoms with Gasteiger partial charge < -0.3 is 4.74 Å². The molecule has 2 amide bonds. The van der Waals surface area contributed by atoms with Crippen molar-refractivity contribution in [2.75, 3.05) is 6.61 Å². The second-order valence-corrected chi connectivity index (χ2v) is 7.39. The molecule has 0 saturated carbocycles. The number of hydrazine groups is 1. The zero-order valence-corrected chi connectivity index (χ0v) is 18.1. The van der Waals surface area contributed by atoms with E-state index in [1.54, 1.807) is 48.5 Å². The maximum Gasteiger partial charge on any atom is 0.276 e. The summed E-state index contributed by atoms with van der Waals surface area (Å²) in [5.74, 6) is 0.0876. The van der Waals surface area contributed by atoms with Gasteiger partial charge in [0, 0.05) is 16.1 Å². The van der Waals surface area contributed by atoms with E-state index in [1.165, 1.54) is 4.80 Å². The largest absolute Gasteiger partial charge is 0.484 e. The first-order valence-electron chi connectivity index (χ1n) is 9.96. The minimum absolute atomic E-state index is 0.253. The second-order valence-electron chi connectivity index (χ2n) is 6.95. The molecule has 4 rings (SSSR count). The Hall–Kier alpha value is -4.24. The number of carbonyl (C=O) groups is 2. The lowest BCUT2D eigenvalue weighted by Crippen LogP contribution is -2.43. The Balaban J connectivity index is 1.25. The Bertz CT molecular complexity index is 1230. The van der Waals surface area contributed by atoms with Crippen LogP contribution in [0.2, 0.25) is 5.02 Å². The summed E-state index contributed by atoms with van der Waals surface area (Å²) >= 11 is 5.80. The third-order valence-electron chi connectivity index (χ3n) is 4.52. The highest BCUT2D eigenvalue weighted by atomic mass is 35.5. The summed E-state index contributed by atoms with van der Waals surface area (Å²) in [6, 6.07) is 23.0. The van der Waals surface area contributed by atoms with Crippen molar-refractivity contribution in [3.05, 3.63) is 95.0 Å². The van der Waals surface area contributed by atoms with E-state index in [1.807, 2.05) is 30.3 Å². The average molecular weight is 463 g/mol. The van der Waals surface area contributed by atoms with Crippen LogP contribution in [0.4, 0.5) is 0 Å². The van der Waals surface area contributed by atoms with Gasteiger partial charge in [0.2, 0.25) is 5.82 Å². The van der Waals surface area contributed by atoms with Gasteiger partial charge in [0.15, 0.2) is 6.61 Å². The Labute approximate surface area is 194 Å². The van der Waals surface area contributed by atoms with Crippen LogP contribution >= 0.6 is 11.6 Å². The topological polar surface area (TPSA) is 111 Å². The van der Waals surface area contributed by atoms with E-state index in [4.69, 9.17) is 16.3 Å². The van der Waals surface area contributed by atoms with Crippen LogP contribution in [0.5, 0.6) is 5.75 Å². The van der Waals surface area contributed by atoms with Gasteiger partial charge in [-0.2, -0.15) is 4.80 Å². The first-order valence-corrected chi connectivity index (χ1v) is 10.3. The van der Waals surface area contributed by atoms with Crippen LogP contribution in [0.3, 0.4) is 0 Å². The van der Waals surface area contributed by atoms with Crippen LogP contribution in [0.25, 0.3) is 11.4 Å². The molecule has 0 saturated heterocycles. The molecule has 0 aliphatic carbocycles. The van der Waals surface area contributed by atoms with Crippen LogP contribution in [0.1, 0.15) is 15.9 Å². The fourth-order valence-electron chi connectivity index (χ4n) is 2.85. The van der Waals surface area contributed by atoms with Crippen molar-refractivity contribution in [3.8, 4) is 17.1 Å². The molecule has 4 aromatic rings. The summed E-state index contributed by atoms with van der Waals surface area (Å²) in [5.41, 5.74) is 6.83. The summed E-state index contributed by atoms with van der Waals surface area (Å²) in [7, 11) is 0. The predicted molar refractivity (Wildman–Crippen MR) is 121 cm³/mol. The zero-order valence-electron chi connectivity index (χ0n) is 17.3. The maximum absolute atomic E-state index is 12.3. The first-order chi connectivity index (χ1) is 16.1. The molecule has 0 aliphatic heterocycles. The fraction of sp³-hybridized carbons (Fsp3) is 0.0870. The normalized spacial score (nSPS) is 10.5. The highest BCUT2D eigenvalue weighted by Gasteiger charge is 2.10. The lowest BCUT2D eigenvalue weighted by atomic mass is 10.1. The van der Waals surface area contributed by atoms with Crippen molar-refractivity contribution in [2.24, 2.45) is 0 Å². The number of hydrogen-bond donors (Lipinski definition) is 2. The highest BCUT2D eigenvalue weighted by molar-refractivity contribution is 6.30. The van der Waals surface area contributed by atoms with E-state index >= 15 is 0 Å². The van der Waals surface area contributed by atoms with Crippen molar-refractivity contribution in [2.45, 2.75) is 6.54 Å². The molecule has 0 atom stereocenters. The van der Waals surface area contributed by atoms with Gasteiger partial charge in [-0.3, -0.25) is 20.4 Å². The van der Waals surface area contributed by atoms with E-state index in [0.29, 0.717) is 28.7 Å². The molecule has 0 aliphatic rings. The van der Waals surface area contributed by atoms with Gasteiger partial charge in [-0.25, -0.2) is 0 Å². The zero-order chi connectivity index (χ0) is 23.0. The van der Waals surface area contributed by atoms with Crippen LogP contribution in [-0.4, -0.2) is 38.6 Å². The van der Waals surface area contributed by atoms with Gasteiger partial charge in [0.1, 0.15) is 5.75 Å². The summed E-state index contributed by atoms with van der Waals surface area (Å²) < 4.78 is 5.32. The molecule has 1 heterocycles. The van der Waals surface area contributed by atoms with Crippen LogP contribution in [0, 0.1) is 0 Å². The Kier molecular flexibility index (Phi) is 6.91. The van der Waals surface area contributed by atoms with Crippen LogP contribution in [0.15, 0.2) is 78.9 Å². The molecule has 1 aromatic heterocycles. The molecular weight excluding hydrogens is 444 g/mol. The van der Waals surface area contributed by atoms with Crippen molar-refractivity contribution < 1.29 is 14.3 Å². The molecule has 3 aromatic carbocycles. The molecule has 10 heteroatoms. The number of benzene rings is 3. The van der Waals surface area contributed by atoms with Crippen molar-refractivity contribution in [1.29, 1.82) is 0 Å². The maximum atomic E-state index is 12.3.